The van der Waals surface area contributed by atoms with Crippen molar-refractivity contribution >= 4 is 0 Å². The Labute approximate surface area is 101 Å². The molecule has 16 heavy (non-hydrogen) atoms. The summed E-state index contributed by atoms with van der Waals surface area (Å²) in [5.74, 6) is 0. The molecule has 2 unspecified atom stereocenters. The predicted octanol–water partition coefficient (Wildman–Crippen LogP) is 2.78. The summed E-state index contributed by atoms with van der Waals surface area (Å²) < 4.78 is 0. The highest BCUT2D eigenvalue weighted by Gasteiger charge is 2.38. The van der Waals surface area contributed by atoms with Crippen LogP contribution in [0.2, 0.25) is 0 Å². The fraction of sp³-hybridized carbons (Fsp3) is 1.00. The Balaban J connectivity index is 1.88. The summed E-state index contributed by atoms with van der Waals surface area (Å²) in [6, 6.07) is 2.57. The summed E-state index contributed by atoms with van der Waals surface area (Å²) in [6.45, 7) is 7.10. The Bertz CT molecular complexity index is 201. The van der Waals surface area contributed by atoms with Crippen molar-refractivity contribution in [3.63, 3.8) is 0 Å². The van der Waals surface area contributed by atoms with Crippen LogP contribution in [0, 0.1) is 0 Å². The van der Waals surface area contributed by atoms with Gasteiger partial charge in [-0.15, -0.1) is 0 Å². The molecule has 0 amide bonds. The number of nitrogens with zero attached hydrogens (tertiary/aromatic N) is 1. The maximum atomic E-state index is 3.76. The first-order valence-electron chi connectivity index (χ1n) is 7.36. The van der Waals surface area contributed by atoms with Crippen LogP contribution < -0.4 is 5.32 Å². The third-order valence-electron chi connectivity index (χ3n) is 4.06. The first-order chi connectivity index (χ1) is 7.86. The van der Waals surface area contributed by atoms with Crippen molar-refractivity contribution in [2.24, 2.45) is 0 Å². The summed E-state index contributed by atoms with van der Waals surface area (Å²) in [5.41, 5.74) is 0. The van der Waals surface area contributed by atoms with Crippen LogP contribution in [0.4, 0.5) is 0 Å². The van der Waals surface area contributed by atoms with Gasteiger partial charge in [-0.3, -0.25) is 4.90 Å². The fourth-order valence-electron chi connectivity index (χ4n) is 3.19. The van der Waals surface area contributed by atoms with Crippen molar-refractivity contribution in [2.45, 2.75) is 76.9 Å². The summed E-state index contributed by atoms with van der Waals surface area (Å²) >= 11 is 0. The monoisotopic (exact) mass is 224 g/mol. The van der Waals surface area contributed by atoms with Crippen LogP contribution >= 0.6 is 0 Å². The van der Waals surface area contributed by atoms with E-state index in [1.807, 2.05) is 0 Å². The molecular formula is C14H28N2. The first-order valence-corrected chi connectivity index (χ1v) is 7.36. The minimum absolute atomic E-state index is 0.784. The zero-order valence-corrected chi connectivity index (χ0v) is 11.0. The third kappa shape index (κ3) is 2.98. The lowest BCUT2D eigenvalue weighted by molar-refractivity contribution is 0.163. The van der Waals surface area contributed by atoms with E-state index in [-0.39, 0.29) is 0 Å². The average Bonchev–Trinajstić information content (AvgIpc) is 3.02. The third-order valence-corrected chi connectivity index (χ3v) is 4.06. The number of hydrogen-bond donors (Lipinski definition) is 1. The summed E-state index contributed by atoms with van der Waals surface area (Å²) in [5, 5.41) is 3.76. The predicted molar refractivity (Wildman–Crippen MR) is 69.7 cm³/mol. The van der Waals surface area contributed by atoms with Gasteiger partial charge < -0.3 is 5.32 Å². The molecule has 0 bridgehead atoms. The number of hydrogen-bond acceptors (Lipinski definition) is 2. The molecular weight excluding hydrogens is 196 g/mol. The Hall–Kier alpha value is -0.0800. The molecule has 0 aromatic heterocycles. The van der Waals surface area contributed by atoms with Gasteiger partial charge in [0.2, 0.25) is 0 Å². The van der Waals surface area contributed by atoms with E-state index in [4.69, 9.17) is 0 Å². The molecule has 1 N–H and O–H groups in total. The van der Waals surface area contributed by atoms with Gasteiger partial charge in [0.1, 0.15) is 0 Å². The van der Waals surface area contributed by atoms with Crippen molar-refractivity contribution in [2.75, 3.05) is 13.1 Å². The zero-order valence-electron chi connectivity index (χ0n) is 11.0. The Morgan fingerprint density at radius 1 is 1.06 bits per heavy atom. The maximum absolute atomic E-state index is 3.76. The van der Waals surface area contributed by atoms with Crippen LogP contribution in [0.15, 0.2) is 0 Å². The topological polar surface area (TPSA) is 15.3 Å². The molecule has 0 radical (unpaired) electrons. The lowest BCUT2D eigenvalue weighted by Gasteiger charge is -2.33. The van der Waals surface area contributed by atoms with Crippen molar-refractivity contribution < 1.29 is 0 Å². The highest BCUT2D eigenvalue weighted by Crippen LogP contribution is 2.34. The lowest BCUT2D eigenvalue weighted by atomic mass is 10.1. The van der Waals surface area contributed by atoms with E-state index in [0.29, 0.717) is 0 Å². The SMILES string of the molecule is CCCNC1CCCC1N(CCC)C1CC1. The molecule has 94 valence electrons. The molecule has 2 fully saturated rings. The van der Waals surface area contributed by atoms with Crippen LogP contribution in [0.25, 0.3) is 0 Å². The van der Waals surface area contributed by atoms with Gasteiger partial charge in [0.05, 0.1) is 0 Å². The van der Waals surface area contributed by atoms with Crippen molar-refractivity contribution in [1.82, 2.24) is 10.2 Å². The van der Waals surface area contributed by atoms with Crippen LogP contribution in [0.3, 0.4) is 0 Å². The van der Waals surface area contributed by atoms with Gasteiger partial charge in [0.25, 0.3) is 0 Å². The molecule has 2 aliphatic carbocycles. The second-order valence-electron chi connectivity index (χ2n) is 5.53. The second kappa shape index (κ2) is 6.02. The summed E-state index contributed by atoms with van der Waals surface area (Å²) in [4.78, 5) is 2.82. The Kier molecular flexibility index (Phi) is 4.66. The normalized spacial score (nSPS) is 30.2. The highest BCUT2D eigenvalue weighted by atomic mass is 15.2. The molecule has 0 saturated heterocycles. The molecule has 2 saturated carbocycles. The number of nitrogens with one attached hydrogen (secondary N) is 1. The van der Waals surface area contributed by atoms with Gasteiger partial charge in [-0.2, -0.15) is 0 Å². The summed E-state index contributed by atoms with van der Waals surface area (Å²) in [6.07, 6.45) is 9.75. The second-order valence-corrected chi connectivity index (χ2v) is 5.53. The van der Waals surface area contributed by atoms with Gasteiger partial charge in [0, 0.05) is 18.1 Å². The van der Waals surface area contributed by atoms with Gasteiger partial charge in [0.15, 0.2) is 0 Å². The quantitative estimate of drug-likeness (QED) is 0.715. The van der Waals surface area contributed by atoms with E-state index in [1.54, 1.807) is 0 Å². The Morgan fingerprint density at radius 3 is 2.50 bits per heavy atom. The Morgan fingerprint density at radius 2 is 1.88 bits per heavy atom. The molecule has 2 heteroatoms. The fourth-order valence-corrected chi connectivity index (χ4v) is 3.19. The smallest absolute Gasteiger partial charge is 0.0252 e. The van der Waals surface area contributed by atoms with E-state index in [0.717, 1.165) is 18.1 Å². The summed E-state index contributed by atoms with van der Waals surface area (Å²) in [7, 11) is 0. The largest absolute Gasteiger partial charge is 0.312 e. The molecule has 0 spiro atoms. The van der Waals surface area contributed by atoms with E-state index >= 15 is 0 Å². The number of rotatable bonds is 7. The molecule has 0 heterocycles. The van der Waals surface area contributed by atoms with E-state index < -0.39 is 0 Å². The molecule has 2 nitrogen and oxygen atoms in total. The van der Waals surface area contributed by atoms with E-state index in [1.165, 1.54) is 58.0 Å². The highest BCUT2D eigenvalue weighted by molar-refractivity contribution is 4.96. The van der Waals surface area contributed by atoms with Crippen molar-refractivity contribution in [3.05, 3.63) is 0 Å². The minimum atomic E-state index is 0.784. The van der Waals surface area contributed by atoms with E-state index in [2.05, 4.69) is 24.1 Å². The van der Waals surface area contributed by atoms with Crippen LogP contribution in [-0.4, -0.2) is 36.1 Å². The zero-order chi connectivity index (χ0) is 11.4. The average molecular weight is 224 g/mol. The van der Waals surface area contributed by atoms with E-state index in [9.17, 15) is 0 Å². The molecule has 2 atom stereocenters. The molecule has 0 aromatic rings. The molecule has 2 aliphatic rings. The van der Waals surface area contributed by atoms with Crippen molar-refractivity contribution in [1.29, 1.82) is 0 Å². The minimum Gasteiger partial charge on any atom is -0.312 e. The van der Waals surface area contributed by atoms with Gasteiger partial charge in [-0.1, -0.05) is 20.3 Å². The van der Waals surface area contributed by atoms with Crippen molar-refractivity contribution in [3.8, 4) is 0 Å². The van der Waals surface area contributed by atoms with Crippen LogP contribution in [0.5, 0.6) is 0 Å². The molecule has 0 aliphatic heterocycles. The van der Waals surface area contributed by atoms with Gasteiger partial charge in [-0.25, -0.2) is 0 Å². The van der Waals surface area contributed by atoms with Gasteiger partial charge >= 0.3 is 0 Å². The maximum Gasteiger partial charge on any atom is 0.0252 e. The van der Waals surface area contributed by atoms with Crippen LogP contribution in [0.1, 0.15) is 58.8 Å². The molecule has 0 aromatic carbocycles. The first kappa shape index (κ1) is 12.4. The van der Waals surface area contributed by atoms with Gasteiger partial charge in [-0.05, 0) is 51.6 Å². The lowest BCUT2D eigenvalue weighted by Crippen LogP contribution is -2.48. The standard InChI is InChI=1S/C14H28N2/c1-3-10-15-13-6-5-7-14(13)16(11-4-2)12-8-9-12/h12-15H,3-11H2,1-2H3. The molecule has 2 rings (SSSR count). The van der Waals surface area contributed by atoms with Crippen LogP contribution in [-0.2, 0) is 0 Å².